The predicted molar refractivity (Wildman–Crippen MR) is 173 cm³/mol. The molecule has 5 rings (SSSR count). The molecule has 236 valence electrons. The minimum atomic E-state index is -3.88. The fourth-order valence-electron chi connectivity index (χ4n) is 5.35. The number of aryl methyl sites for hydroxylation is 1. The molecule has 0 saturated carbocycles. The van der Waals surface area contributed by atoms with Gasteiger partial charge >= 0.3 is 12.1 Å². The minimum absolute atomic E-state index is 0.250. The Kier molecular flexibility index (Phi) is 9.20. The highest BCUT2D eigenvalue weighted by Crippen LogP contribution is 2.33. The molecule has 1 fully saturated rings. The Morgan fingerprint density at radius 1 is 0.978 bits per heavy atom. The van der Waals surface area contributed by atoms with Crippen molar-refractivity contribution >= 4 is 33.5 Å². The first kappa shape index (κ1) is 32.0. The minimum Gasteiger partial charge on any atom is -0.480 e. The highest BCUT2D eigenvalue weighted by atomic mass is 32.2. The predicted octanol–water partition coefficient (Wildman–Crippen LogP) is 4.48. The molecule has 0 radical (unpaired) electrons. The van der Waals surface area contributed by atoms with Gasteiger partial charge in [0.25, 0.3) is 10.2 Å². The molecule has 1 aliphatic carbocycles. The summed E-state index contributed by atoms with van der Waals surface area (Å²) in [6.07, 6.45) is 5.28. The van der Waals surface area contributed by atoms with Crippen molar-refractivity contribution in [1.29, 1.82) is 0 Å². The van der Waals surface area contributed by atoms with Gasteiger partial charge in [-0.15, -0.1) is 0 Å². The third-order valence-corrected chi connectivity index (χ3v) is 9.33. The number of aliphatic carboxylic acids is 1. The lowest BCUT2D eigenvalue weighted by Crippen LogP contribution is -2.54. The number of piperazine rings is 1. The first-order valence-electron chi connectivity index (χ1n) is 14.9. The summed E-state index contributed by atoms with van der Waals surface area (Å²) in [5.41, 5.74) is 6.11. The summed E-state index contributed by atoms with van der Waals surface area (Å²) >= 11 is 0. The number of hydrogen-bond donors (Lipinski definition) is 2. The highest BCUT2D eigenvalue weighted by molar-refractivity contribution is 7.87. The van der Waals surface area contributed by atoms with Crippen LogP contribution < -0.4 is 9.62 Å². The Hall–Kier alpha value is -4.37. The maximum Gasteiger partial charge on any atom is 0.418 e. The monoisotopic (exact) mass is 630 g/mol. The molecule has 45 heavy (non-hydrogen) atoms. The summed E-state index contributed by atoms with van der Waals surface area (Å²) in [6.45, 7) is 8.32. The standard InChI is InChI=1S/C34H38N4O6S/c1-24(32(39)40)35-45(42,43)37-21-19-36(20-22-37)28-16-13-25(14-17-28)10-11-26-12-15-27-7-5-8-29(30(27)23-26)31-9-6-18-38(31)33(41)44-34(2,3)4/h6,8-9,12-18,23-24,35H,5,7,19-22H2,1-4H3,(H,39,40)/t24-/m1/s1. The molecule has 0 bridgehead atoms. The second-order valence-corrected chi connectivity index (χ2v) is 13.8. The number of ether oxygens (including phenoxy) is 1. The number of fused-ring (bicyclic) bond motifs is 1. The molecule has 1 aromatic heterocycles. The molecular formula is C34H38N4O6S. The molecule has 1 aliphatic heterocycles. The molecule has 2 heterocycles. The number of carboxylic acids is 1. The van der Waals surface area contributed by atoms with E-state index in [0.29, 0.717) is 13.1 Å². The van der Waals surface area contributed by atoms with Crippen molar-refractivity contribution in [3.8, 4) is 11.8 Å². The van der Waals surface area contributed by atoms with Crippen LogP contribution in [0.3, 0.4) is 0 Å². The van der Waals surface area contributed by atoms with E-state index in [0.717, 1.165) is 46.5 Å². The maximum absolute atomic E-state index is 12.9. The smallest absolute Gasteiger partial charge is 0.418 e. The number of carbonyl (C=O) groups is 2. The van der Waals surface area contributed by atoms with Gasteiger partial charge in [0.05, 0.1) is 5.69 Å². The van der Waals surface area contributed by atoms with Crippen LogP contribution in [-0.4, -0.2) is 72.3 Å². The van der Waals surface area contributed by atoms with Crippen molar-refractivity contribution in [2.75, 3.05) is 31.1 Å². The number of benzene rings is 2. The van der Waals surface area contributed by atoms with Crippen molar-refractivity contribution in [3.63, 3.8) is 0 Å². The van der Waals surface area contributed by atoms with Crippen LogP contribution in [0.15, 0.2) is 66.9 Å². The van der Waals surface area contributed by atoms with Crippen LogP contribution >= 0.6 is 0 Å². The third-order valence-electron chi connectivity index (χ3n) is 7.64. The number of allylic oxidation sites excluding steroid dienone is 1. The molecule has 11 heteroatoms. The van der Waals surface area contributed by atoms with Crippen molar-refractivity contribution in [1.82, 2.24) is 13.6 Å². The first-order valence-corrected chi connectivity index (χ1v) is 16.4. The van der Waals surface area contributed by atoms with E-state index >= 15 is 0 Å². The van der Waals surface area contributed by atoms with Crippen LogP contribution in [0, 0.1) is 11.8 Å². The molecule has 1 saturated heterocycles. The van der Waals surface area contributed by atoms with E-state index in [1.165, 1.54) is 16.8 Å². The van der Waals surface area contributed by atoms with Crippen LogP contribution in [-0.2, 0) is 26.2 Å². The van der Waals surface area contributed by atoms with Crippen molar-refractivity contribution in [2.45, 2.75) is 52.2 Å². The SMILES string of the molecule is C[C@@H](NS(=O)(=O)N1CCN(c2ccc(C#Cc3ccc4c(c3)C(c3cccn3C(=O)OC(C)(C)C)=CCC4)cc2)CC1)C(=O)O. The number of nitrogens with zero attached hydrogens (tertiary/aromatic N) is 3. The number of aromatic nitrogens is 1. The Morgan fingerprint density at radius 3 is 2.31 bits per heavy atom. The largest absolute Gasteiger partial charge is 0.480 e. The zero-order valence-electron chi connectivity index (χ0n) is 25.9. The van der Waals surface area contributed by atoms with Gasteiger partial charge in [0.2, 0.25) is 0 Å². The van der Waals surface area contributed by atoms with Gasteiger partial charge in [-0.2, -0.15) is 17.4 Å². The fourth-order valence-corrected chi connectivity index (χ4v) is 6.69. The van der Waals surface area contributed by atoms with Crippen LogP contribution in [0.4, 0.5) is 10.5 Å². The number of anilines is 1. The van der Waals surface area contributed by atoms with E-state index < -0.39 is 33.9 Å². The van der Waals surface area contributed by atoms with Crippen molar-refractivity contribution in [3.05, 3.63) is 94.8 Å². The van der Waals surface area contributed by atoms with Gasteiger partial charge in [0.15, 0.2) is 0 Å². The van der Waals surface area contributed by atoms with Gasteiger partial charge in [-0.1, -0.05) is 24.0 Å². The van der Waals surface area contributed by atoms with Gasteiger partial charge in [0.1, 0.15) is 11.6 Å². The zero-order valence-corrected chi connectivity index (χ0v) is 26.7. The third kappa shape index (κ3) is 7.65. The number of nitrogens with one attached hydrogen (secondary N) is 1. The van der Waals surface area contributed by atoms with Crippen molar-refractivity contribution in [2.24, 2.45) is 0 Å². The molecule has 2 aromatic carbocycles. The molecular weight excluding hydrogens is 592 g/mol. The lowest BCUT2D eigenvalue weighted by Gasteiger charge is -2.35. The molecule has 10 nitrogen and oxygen atoms in total. The van der Waals surface area contributed by atoms with Gasteiger partial charge in [-0.05, 0) is 100 Å². The second-order valence-electron chi connectivity index (χ2n) is 12.1. The summed E-state index contributed by atoms with van der Waals surface area (Å²) in [7, 11) is -3.88. The summed E-state index contributed by atoms with van der Waals surface area (Å²) in [5.74, 6) is 5.30. The number of carbonyl (C=O) groups excluding carboxylic acids is 1. The van der Waals surface area contributed by atoms with Crippen LogP contribution in [0.25, 0.3) is 5.57 Å². The maximum atomic E-state index is 12.9. The Labute approximate surface area is 264 Å². The topological polar surface area (TPSA) is 121 Å². The van der Waals surface area contributed by atoms with Crippen LogP contribution in [0.5, 0.6) is 0 Å². The van der Waals surface area contributed by atoms with E-state index in [-0.39, 0.29) is 13.1 Å². The summed E-state index contributed by atoms with van der Waals surface area (Å²) < 4.78 is 35.7. The van der Waals surface area contributed by atoms with E-state index in [1.54, 1.807) is 10.8 Å². The quantitative estimate of drug-likeness (QED) is 0.386. The average molecular weight is 631 g/mol. The Bertz CT molecular complexity index is 1780. The van der Waals surface area contributed by atoms with Gasteiger partial charge in [0, 0.05) is 54.8 Å². The molecule has 0 amide bonds. The highest BCUT2D eigenvalue weighted by Gasteiger charge is 2.30. The van der Waals surface area contributed by atoms with Gasteiger partial charge in [-0.25, -0.2) is 4.79 Å². The second kappa shape index (κ2) is 12.9. The lowest BCUT2D eigenvalue weighted by atomic mass is 9.88. The van der Waals surface area contributed by atoms with Crippen molar-refractivity contribution < 1.29 is 27.9 Å². The van der Waals surface area contributed by atoms with E-state index in [9.17, 15) is 18.0 Å². The number of hydrogen-bond acceptors (Lipinski definition) is 6. The van der Waals surface area contributed by atoms with E-state index in [4.69, 9.17) is 9.84 Å². The average Bonchev–Trinajstić information content (AvgIpc) is 3.49. The Morgan fingerprint density at radius 2 is 1.64 bits per heavy atom. The number of carboxylic acid groups (broad SMARTS) is 1. The van der Waals surface area contributed by atoms with Gasteiger partial charge in [-0.3, -0.25) is 9.36 Å². The summed E-state index contributed by atoms with van der Waals surface area (Å²) in [5, 5.41) is 9.03. The molecule has 2 aliphatic rings. The normalized spacial score (nSPS) is 16.2. The molecule has 2 N–H and O–H groups in total. The lowest BCUT2D eigenvalue weighted by molar-refractivity contribution is -0.138. The van der Waals surface area contributed by atoms with E-state index in [2.05, 4.69) is 39.7 Å². The van der Waals surface area contributed by atoms with E-state index in [1.807, 2.05) is 63.2 Å². The number of rotatable bonds is 6. The summed E-state index contributed by atoms with van der Waals surface area (Å²) in [6, 6.07) is 16.6. The van der Waals surface area contributed by atoms with Gasteiger partial charge < -0.3 is 14.7 Å². The molecule has 0 spiro atoms. The van der Waals surface area contributed by atoms with Crippen LogP contribution in [0.1, 0.15) is 62.1 Å². The Balaban J connectivity index is 1.26. The molecule has 3 aromatic rings. The molecule has 1 atom stereocenters. The first-order chi connectivity index (χ1) is 21.3. The molecule has 0 unspecified atom stereocenters. The fraction of sp³-hybridized carbons (Fsp3) is 0.353. The van der Waals surface area contributed by atoms with Crippen LogP contribution in [0.2, 0.25) is 0 Å². The summed E-state index contributed by atoms with van der Waals surface area (Å²) in [4.78, 5) is 26.0. The zero-order chi connectivity index (χ0) is 32.4.